The second-order valence-electron chi connectivity index (χ2n) is 9.06. The number of ether oxygens (including phenoxy) is 2. The fourth-order valence-corrected chi connectivity index (χ4v) is 5.26. The number of sulfone groups is 1. The highest BCUT2D eigenvalue weighted by Crippen LogP contribution is 2.35. The fourth-order valence-electron chi connectivity index (χ4n) is 4.62. The minimum Gasteiger partial charge on any atom is -0.474 e. The maximum Gasteiger partial charge on any atom is 0.411 e. The Morgan fingerprint density at radius 3 is 2.49 bits per heavy atom. The molecular formula is C24H25FN4O5S. The Morgan fingerprint density at radius 1 is 1.14 bits per heavy atom. The number of fused-ring (bicyclic) bond motifs is 3. The maximum absolute atomic E-state index is 14.8. The smallest absolute Gasteiger partial charge is 0.411 e. The molecule has 2 atom stereocenters. The number of carbonyl (C=O) groups excluding carboxylic acids is 1. The van der Waals surface area contributed by atoms with E-state index in [1.54, 1.807) is 17.2 Å². The summed E-state index contributed by atoms with van der Waals surface area (Å²) in [5.74, 6) is -0.320. The van der Waals surface area contributed by atoms with Crippen molar-refractivity contribution in [2.45, 2.75) is 55.9 Å². The Hall–Kier alpha value is -3.47. The van der Waals surface area contributed by atoms with Crippen LogP contribution in [0.5, 0.6) is 5.88 Å². The molecule has 1 fully saturated rings. The van der Waals surface area contributed by atoms with Crippen LogP contribution in [0.25, 0.3) is 16.7 Å². The van der Waals surface area contributed by atoms with E-state index in [9.17, 15) is 17.6 Å². The molecule has 2 aliphatic rings. The van der Waals surface area contributed by atoms with Crippen molar-refractivity contribution in [1.82, 2.24) is 19.4 Å². The summed E-state index contributed by atoms with van der Waals surface area (Å²) in [6.45, 7) is 3.64. The molecule has 0 radical (unpaired) electrons. The molecule has 184 valence electrons. The van der Waals surface area contributed by atoms with Crippen molar-refractivity contribution in [2.24, 2.45) is 0 Å². The number of benzene rings is 1. The van der Waals surface area contributed by atoms with E-state index in [1.165, 1.54) is 23.0 Å². The van der Waals surface area contributed by atoms with Gasteiger partial charge in [-0.1, -0.05) is 12.2 Å². The Labute approximate surface area is 202 Å². The molecule has 3 aromatic rings. The van der Waals surface area contributed by atoms with Crippen molar-refractivity contribution in [3.8, 4) is 11.6 Å². The predicted molar refractivity (Wildman–Crippen MR) is 126 cm³/mol. The fraction of sp³-hybridized carbons (Fsp3) is 0.375. The van der Waals surface area contributed by atoms with Gasteiger partial charge in [0.05, 0.1) is 34.2 Å². The van der Waals surface area contributed by atoms with Gasteiger partial charge >= 0.3 is 6.09 Å². The number of aromatic nitrogens is 3. The van der Waals surface area contributed by atoms with Crippen molar-refractivity contribution in [2.75, 3.05) is 6.26 Å². The molecular weight excluding hydrogens is 475 g/mol. The molecule has 0 saturated carbocycles. The summed E-state index contributed by atoms with van der Waals surface area (Å²) in [6, 6.07) is 5.26. The summed E-state index contributed by atoms with van der Waals surface area (Å²) in [4.78, 5) is 22.7. The molecule has 1 aromatic carbocycles. The SMILES string of the molecule is CC(C)OC(=O)N1[C@H]2C=C[C@H]1CC(Oc1ncnc3c1ccn3-c1ccc(S(C)(=O)=O)cc1F)C2. The van der Waals surface area contributed by atoms with Crippen LogP contribution in [0.2, 0.25) is 0 Å². The van der Waals surface area contributed by atoms with Crippen LogP contribution in [0.15, 0.2) is 53.8 Å². The van der Waals surface area contributed by atoms with Gasteiger partial charge in [0.15, 0.2) is 15.5 Å². The molecule has 2 aromatic heterocycles. The van der Waals surface area contributed by atoms with Gasteiger partial charge in [-0.15, -0.1) is 0 Å². The van der Waals surface area contributed by atoms with Gasteiger partial charge in [-0.25, -0.2) is 27.6 Å². The number of halogens is 1. The second-order valence-corrected chi connectivity index (χ2v) is 11.1. The van der Waals surface area contributed by atoms with Crippen molar-refractivity contribution in [1.29, 1.82) is 0 Å². The summed E-state index contributed by atoms with van der Waals surface area (Å²) in [7, 11) is -3.53. The first-order valence-corrected chi connectivity index (χ1v) is 13.2. The number of rotatable bonds is 5. The van der Waals surface area contributed by atoms with Crippen LogP contribution in [0.3, 0.4) is 0 Å². The largest absolute Gasteiger partial charge is 0.474 e. The quantitative estimate of drug-likeness (QED) is 0.493. The molecule has 1 amide bonds. The lowest BCUT2D eigenvalue weighted by atomic mass is 9.99. The van der Waals surface area contributed by atoms with Gasteiger partial charge in [0.25, 0.3) is 0 Å². The lowest BCUT2D eigenvalue weighted by Gasteiger charge is -2.38. The lowest BCUT2D eigenvalue weighted by Crippen LogP contribution is -2.50. The molecule has 0 unspecified atom stereocenters. The van der Waals surface area contributed by atoms with Crippen LogP contribution in [-0.2, 0) is 14.6 Å². The van der Waals surface area contributed by atoms with Crippen molar-refractivity contribution < 1.29 is 27.1 Å². The van der Waals surface area contributed by atoms with Crippen LogP contribution in [0.1, 0.15) is 26.7 Å². The number of carbonyl (C=O) groups is 1. The summed E-state index contributed by atoms with van der Waals surface area (Å²) in [6.07, 6.45) is 8.50. The highest BCUT2D eigenvalue weighted by molar-refractivity contribution is 7.90. The molecule has 4 heterocycles. The molecule has 2 aliphatic heterocycles. The van der Waals surface area contributed by atoms with E-state index in [-0.39, 0.29) is 41.0 Å². The zero-order valence-corrected chi connectivity index (χ0v) is 20.3. The van der Waals surface area contributed by atoms with Gasteiger partial charge in [0, 0.05) is 25.3 Å². The molecule has 1 saturated heterocycles. The Morgan fingerprint density at radius 2 is 1.86 bits per heavy atom. The minimum atomic E-state index is -3.53. The summed E-state index contributed by atoms with van der Waals surface area (Å²) < 4.78 is 51.4. The van der Waals surface area contributed by atoms with Crippen LogP contribution >= 0.6 is 0 Å². The van der Waals surface area contributed by atoms with E-state index in [4.69, 9.17) is 9.47 Å². The zero-order chi connectivity index (χ0) is 24.9. The van der Waals surface area contributed by atoms with Crippen molar-refractivity contribution in [3.63, 3.8) is 0 Å². The summed E-state index contributed by atoms with van der Waals surface area (Å²) >= 11 is 0. The number of hydrogen-bond donors (Lipinski definition) is 0. The highest BCUT2D eigenvalue weighted by atomic mass is 32.2. The van der Waals surface area contributed by atoms with Crippen molar-refractivity contribution in [3.05, 3.63) is 54.8 Å². The van der Waals surface area contributed by atoms with E-state index < -0.39 is 15.7 Å². The van der Waals surface area contributed by atoms with Gasteiger partial charge < -0.3 is 9.47 Å². The molecule has 11 heteroatoms. The third kappa shape index (κ3) is 4.36. The topological polar surface area (TPSA) is 104 Å². The highest BCUT2D eigenvalue weighted by Gasteiger charge is 2.42. The van der Waals surface area contributed by atoms with E-state index in [1.807, 2.05) is 26.0 Å². The molecule has 9 nitrogen and oxygen atoms in total. The first kappa shape index (κ1) is 23.3. The number of amides is 1. The third-order valence-electron chi connectivity index (χ3n) is 6.16. The molecule has 35 heavy (non-hydrogen) atoms. The summed E-state index contributed by atoms with van der Waals surface area (Å²) in [5.41, 5.74) is 0.594. The Kier molecular flexibility index (Phi) is 5.74. The predicted octanol–water partition coefficient (Wildman–Crippen LogP) is 3.66. The number of nitrogens with zero attached hydrogens (tertiary/aromatic N) is 4. The van der Waals surface area contributed by atoms with Gasteiger partial charge in [0.2, 0.25) is 5.88 Å². The first-order valence-electron chi connectivity index (χ1n) is 11.3. The normalized spacial score (nSPS) is 21.6. The maximum atomic E-state index is 14.8. The van der Waals surface area contributed by atoms with E-state index in [0.29, 0.717) is 29.8 Å². The third-order valence-corrected chi connectivity index (χ3v) is 7.27. The molecule has 5 rings (SSSR count). The van der Waals surface area contributed by atoms with Gasteiger partial charge in [-0.2, -0.15) is 0 Å². The van der Waals surface area contributed by atoms with E-state index in [0.717, 1.165) is 12.3 Å². The van der Waals surface area contributed by atoms with E-state index in [2.05, 4.69) is 9.97 Å². The number of hydrogen-bond acceptors (Lipinski definition) is 7. The lowest BCUT2D eigenvalue weighted by molar-refractivity contribution is 0.0270. The Bertz CT molecular complexity index is 1420. The minimum absolute atomic E-state index is 0.0966. The molecule has 0 aliphatic carbocycles. The monoisotopic (exact) mass is 500 g/mol. The van der Waals surface area contributed by atoms with Crippen LogP contribution in [-0.4, -0.2) is 64.5 Å². The zero-order valence-electron chi connectivity index (χ0n) is 19.5. The Balaban J connectivity index is 1.38. The van der Waals surface area contributed by atoms with Crippen molar-refractivity contribution >= 4 is 27.0 Å². The summed E-state index contributed by atoms with van der Waals surface area (Å²) in [5, 5.41) is 0.598. The average Bonchev–Trinajstić information content (AvgIpc) is 3.32. The average molecular weight is 501 g/mol. The van der Waals surface area contributed by atoms with Gasteiger partial charge in [0.1, 0.15) is 18.2 Å². The van der Waals surface area contributed by atoms with Crippen LogP contribution in [0, 0.1) is 5.82 Å². The molecule has 0 spiro atoms. The van der Waals surface area contributed by atoms with Gasteiger partial charge in [-0.05, 0) is 38.1 Å². The molecule has 0 N–H and O–H groups in total. The van der Waals surface area contributed by atoms with E-state index >= 15 is 0 Å². The van der Waals surface area contributed by atoms with Crippen LogP contribution in [0.4, 0.5) is 9.18 Å². The second kappa shape index (κ2) is 8.63. The first-order chi connectivity index (χ1) is 16.6. The van der Waals surface area contributed by atoms with Gasteiger partial charge in [-0.3, -0.25) is 9.47 Å². The number of piperidine rings is 1. The molecule has 2 bridgehead atoms. The van der Waals surface area contributed by atoms with Crippen LogP contribution < -0.4 is 4.74 Å². The standard InChI is InChI=1S/C24H25FN4O5S/c1-14(2)33-24(30)29-15-4-5-16(29)11-17(10-15)34-23-19-8-9-28(22(19)26-13-27-23)21-7-6-18(12-20(21)25)35(3,31)32/h4-9,12-17H,10-11H2,1-3H3/t15-,16-/m0/s1.